The van der Waals surface area contributed by atoms with Gasteiger partial charge in [0, 0.05) is 6.20 Å². The number of nitrogens with two attached hydrogens (primary N) is 1. The summed E-state index contributed by atoms with van der Waals surface area (Å²) in [6, 6.07) is 5.56. The summed E-state index contributed by atoms with van der Waals surface area (Å²) in [6.45, 7) is 1.85. The fraction of sp³-hybridized carbons (Fsp3) is 0.0769. The molecular formula is C13H11Cl2N3O3S. The second-order valence-corrected chi connectivity index (χ2v) is 6.83. The van der Waals surface area contributed by atoms with E-state index in [9.17, 15) is 13.2 Å². The number of amides is 1. The average molecular weight is 360 g/mol. The van der Waals surface area contributed by atoms with Crippen molar-refractivity contribution >= 4 is 45.0 Å². The second-order valence-electron chi connectivity index (χ2n) is 4.48. The van der Waals surface area contributed by atoms with Gasteiger partial charge in [-0.2, -0.15) is 0 Å². The zero-order valence-electron chi connectivity index (χ0n) is 11.3. The lowest BCUT2D eigenvalue weighted by Gasteiger charge is -2.09. The molecule has 0 aliphatic carbocycles. The van der Waals surface area contributed by atoms with Gasteiger partial charge in [-0.15, -0.1) is 0 Å². The number of hydrogen-bond acceptors (Lipinski definition) is 4. The van der Waals surface area contributed by atoms with Gasteiger partial charge in [0.05, 0.1) is 15.6 Å². The third kappa shape index (κ3) is 3.75. The van der Waals surface area contributed by atoms with Crippen molar-refractivity contribution in [1.82, 2.24) is 4.98 Å². The molecule has 0 spiro atoms. The van der Waals surface area contributed by atoms with E-state index in [1.807, 2.05) is 6.92 Å². The molecule has 0 radical (unpaired) electrons. The predicted molar refractivity (Wildman–Crippen MR) is 84.8 cm³/mol. The molecule has 1 amide bonds. The minimum absolute atomic E-state index is 0.00186. The fourth-order valence-electron chi connectivity index (χ4n) is 1.65. The van der Waals surface area contributed by atoms with Crippen molar-refractivity contribution in [3.63, 3.8) is 0 Å². The molecule has 1 aromatic heterocycles. The van der Waals surface area contributed by atoms with Crippen LogP contribution in [0.2, 0.25) is 10.0 Å². The Hall–Kier alpha value is -1.67. The quantitative estimate of drug-likeness (QED) is 0.878. The van der Waals surface area contributed by atoms with Crippen LogP contribution in [0.1, 0.15) is 15.9 Å². The summed E-state index contributed by atoms with van der Waals surface area (Å²) in [5, 5.41) is 7.40. The highest BCUT2D eigenvalue weighted by atomic mass is 35.5. The molecule has 6 nitrogen and oxygen atoms in total. The smallest absolute Gasteiger partial charge is 0.258 e. The summed E-state index contributed by atoms with van der Waals surface area (Å²) in [5.74, 6) is -0.318. The third-order valence-electron chi connectivity index (χ3n) is 2.73. The molecule has 2 rings (SSSR count). The van der Waals surface area contributed by atoms with E-state index in [0.29, 0.717) is 5.82 Å². The summed E-state index contributed by atoms with van der Waals surface area (Å²) in [4.78, 5) is 15.8. The van der Waals surface area contributed by atoms with Gasteiger partial charge < -0.3 is 5.32 Å². The number of hydrogen-bond donors (Lipinski definition) is 2. The van der Waals surface area contributed by atoms with Gasteiger partial charge in [-0.05, 0) is 30.7 Å². The molecule has 0 fully saturated rings. The molecule has 3 N–H and O–H groups in total. The maximum absolute atomic E-state index is 12.2. The van der Waals surface area contributed by atoms with E-state index in [1.165, 1.54) is 0 Å². The molecule has 0 aliphatic heterocycles. The van der Waals surface area contributed by atoms with Gasteiger partial charge in [0.2, 0.25) is 10.0 Å². The van der Waals surface area contributed by atoms with Crippen LogP contribution in [0.25, 0.3) is 0 Å². The number of aryl methyl sites for hydroxylation is 1. The Labute approximate surface area is 137 Å². The summed E-state index contributed by atoms with van der Waals surface area (Å²) >= 11 is 11.7. The molecule has 1 aromatic carbocycles. The predicted octanol–water partition coefficient (Wildman–Crippen LogP) is 2.60. The zero-order valence-corrected chi connectivity index (χ0v) is 13.6. The van der Waals surface area contributed by atoms with Gasteiger partial charge in [0.1, 0.15) is 10.7 Å². The van der Waals surface area contributed by atoms with E-state index in [1.54, 1.807) is 18.3 Å². The van der Waals surface area contributed by atoms with Crippen molar-refractivity contribution < 1.29 is 13.2 Å². The number of anilines is 1. The van der Waals surface area contributed by atoms with Gasteiger partial charge >= 0.3 is 0 Å². The average Bonchev–Trinajstić information content (AvgIpc) is 2.39. The minimum Gasteiger partial charge on any atom is -0.307 e. The van der Waals surface area contributed by atoms with Crippen LogP contribution in [0.3, 0.4) is 0 Å². The lowest BCUT2D eigenvalue weighted by Crippen LogP contribution is -2.17. The molecule has 0 saturated carbocycles. The lowest BCUT2D eigenvalue weighted by atomic mass is 10.2. The molecule has 0 atom stereocenters. The van der Waals surface area contributed by atoms with Gasteiger partial charge in [0.15, 0.2) is 0 Å². The number of carbonyl (C=O) groups excluding carboxylic acids is 1. The Morgan fingerprint density at radius 3 is 2.45 bits per heavy atom. The van der Waals surface area contributed by atoms with Crippen LogP contribution in [0, 0.1) is 6.92 Å². The molecule has 0 unspecified atom stereocenters. The number of halogens is 2. The number of nitrogens with zero attached hydrogens (tertiary/aromatic N) is 1. The number of carbonyl (C=O) groups is 1. The first-order chi connectivity index (χ1) is 10.2. The van der Waals surface area contributed by atoms with Crippen LogP contribution in [-0.2, 0) is 10.0 Å². The van der Waals surface area contributed by atoms with Crippen molar-refractivity contribution in [2.45, 2.75) is 11.8 Å². The van der Waals surface area contributed by atoms with Crippen molar-refractivity contribution in [2.24, 2.45) is 5.14 Å². The van der Waals surface area contributed by atoms with Crippen LogP contribution >= 0.6 is 23.2 Å². The summed E-state index contributed by atoms with van der Waals surface area (Å²) in [5.41, 5.74) is 0.858. The normalized spacial score (nSPS) is 11.3. The molecular weight excluding hydrogens is 349 g/mol. The van der Waals surface area contributed by atoms with Gasteiger partial charge in [0.25, 0.3) is 5.91 Å². The number of rotatable bonds is 3. The molecule has 9 heteroatoms. The first-order valence-electron chi connectivity index (χ1n) is 5.94. The molecule has 0 bridgehead atoms. The maximum atomic E-state index is 12.2. The first-order valence-corrected chi connectivity index (χ1v) is 8.24. The highest BCUT2D eigenvalue weighted by Crippen LogP contribution is 2.28. The van der Waals surface area contributed by atoms with Crippen molar-refractivity contribution in [2.75, 3.05) is 5.32 Å². The van der Waals surface area contributed by atoms with E-state index in [0.717, 1.165) is 17.7 Å². The van der Waals surface area contributed by atoms with Crippen LogP contribution < -0.4 is 10.5 Å². The molecule has 116 valence electrons. The highest BCUT2D eigenvalue weighted by molar-refractivity contribution is 7.89. The first kappa shape index (κ1) is 16.7. The monoisotopic (exact) mass is 359 g/mol. The largest absolute Gasteiger partial charge is 0.307 e. The van der Waals surface area contributed by atoms with Crippen molar-refractivity contribution in [1.29, 1.82) is 0 Å². The van der Waals surface area contributed by atoms with Gasteiger partial charge in [-0.1, -0.05) is 29.3 Å². The number of sulfonamides is 1. The Bertz CT molecular complexity index is 836. The number of pyridine rings is 1. The Morgan fingerprint density at radius 2 is 1.91 bits per heavy atom. The Balaban J connectivity index is 2.39. The van der Waals surface area contributed by atoms with E-state index >= 15 is 0 Å². The third-order valence-corrected chi connectivity index (χ3v) is 4.41. The van der Waals surface area contributed by atoms with Crippen LogP contribution in [0.15, 0.2) is 35.4 Å². The molecule has 1 heterocycles. The number of benzene rings is 1. The Kier molecular flexibility index (Phi) is 4.72. The van der Waals surface area contributed by atoms with Gasteiger partial charge in [-0.25, -0.2) is 18.5 Å². The summed E-state index contributed by atoms with van der Waals surface area (Å²) in [7, 11) is -4.07. The minimum atomic E-state index is -4.07. The fourth-order valence-corrected chi connectivity index (χ4v) is 3.05. The standard InChI is InChI=1S/C13H11Cl2N3O3S/c1-7-2-3-12(17-6-7)18-13(19)8-4-11(22(16,20)21)10(15)5-9(8)14/h2-6H,1H3,(H2,16,20,21)(H,17,18,19). The maximum Gasteiger partial charge on any atom is 0.258 e. The van der Waals surface area contributed by atoms with Gasteiger partial charge in [-0.3, -0.25) is 4.79 Å². The van der Waals surface area contributed by atoms with E-state index in [-0.39, 0.29) is 20.5 Å². The topological polar surface area (TPSA) is 102 Å². The van der Waals surface area contributed by atoms with Crippen LogP contribution in [-0.4, -0.2) is 19.3 Å². The van der Waals surface area contributed by atoms with Crippen molar-refractivity contribution in [3.05, 3.63) is 51.6 Å². The highest BCUT2D eigenvalue weighted by Gasteiger charge is 2.20. The van der Waals surface area contributed by atoms with E-state index in [2.05, 4.69) is 10.3 Å². The molecule has 22 heavy (non-hydrogen) atoms. The lowest BCUT2D eigenvalue weighted by molar-refractivity contribution is 0.102. The summed E-state index contributed by atoms with van der Waals surface area (Å²) < 4.78 is 22.9. The van der Waals surface area contributed by atoms with Crippen LogP contribution in [0.5, 0.6) is 0 Å². The molecule has 2 aromatic rings. The number of aromatic nitrogens is 1. The Morgan fingerprint density at radius 1 is 1.23 bits per heavy atom. The van der Waals surface area contributed by atoms with Crippen molar-refractivity contribution in [3.8, 4) is 0 Å². The summed E-state index contributed by atoms with van der Waals surface area (Å²) in [6.07, 6.45) is 1.58. The van der Waals surface area contributed by atoms with E-state index < -0.39 is 15.9 Å². The number of nitrogens with one attached hydrogen (secondary N) is 1. The second kappa shape index (κ2) is 6.21. The van der Waals surface area contributed by atoms with Crippen LogP contribution in [0.4, 0.5) is 5.82 Å². The SMILES string of the molecule is Cc1ccc(NC(=O)c2cc(S(N)(=O)=O)c(Cl)cc2Cl)nc1. The molecule has 0 saturated heterocycles. The zero-order chi connectivity index (χ0) is 16.5. The van der Waals surface area contributed by atoms with E-state index in [4.69, 9.17) is 28.3 Å². The molecule has 0 aliphatic rings. The number of primary sulfonamides is 1.